The first-order valence-corrected chi connectivity index (χ1v) is 9.81. The molecular formula is C17H27N3O4S. The van der Waals surface area contributed by atoms with Gasteiger partial charge in [-0.1, -0.05) is 0 Å². The molecule has 1 aliphatic heterocycles. The maximum Gasteiger partial charge on any atom is 0.245 e. The highest BCUT2D eigenvalue weighted by atomic mass is 32.2. The van der Waals surface area contributed by atoms with Crippen molar-refractivity contribution < 1.29 is 17.9 Å². The second-order valence-corrected chi connectivity index (χ2v) is 8.60. The Morgan fingerprint density at radius 2 is 1.84 bits per heavy atom. The van der Waals surface area contributed by atoms with E-state index in [0.29, 0.717) is 17.4 Å². The fraction of sp³-hybridized carbons (Fsp3) is 0.588. The molecule has 0 atom stereocenters. The number of carbonyl (C=O) groups is 1. The highest BCUT2D eigenvalue weighted by Crippen LogP contribution is 2.24. The van der Waals surface area contributed by atoms with Crippen LogP contribution in [0.1, 0.15) is 12.8 Å². The van der Waals surface area contributed by atoms with Gasteiger partial charge in [0.2, 0.25) is 15.9 Å². The number of hydrogen-bond acceptors (Lipinski definition) is 5. The molecule has 0 aliphatic carbocycles. The molecule has 0 saturated carbocycles. The molecule has 0 unspecified atom stereocenters. The number of sulfonamides is 1. The molecule has 1 aromatic carbocycles. The van der Waals surface area contributed by atoms with E-state index in [1.165, 1.54) is 25.5 Å². The number of piperidine rings is 1. The fourth-order valence-corrected chi connectivity index (χ4v) is 3.78. The first kappa shape index (κ1) is 19.7. The topological polar surface area (TPSA) is 79.0 Å². The Morgan fingerprint density at radius 3 is 2.36 bits per heavy atom. The van der Waals surface area contributed by atoms with Gasteiger partial charge in [0.1, 0.15) is 6.61 Å². The molecule has 25 heavy (non-hydrogen) atoms. The Bertz CT molecular complexity index is 666. The predicted octanol–water partition coefficient (Wildman–Crippen LogP) is 0.916. The Kier molecular flexibility index (Phi) is 6.80. The van der Waals surface area contributed by atoms with E-state index in [9.17, 15) is 13.2 Å². The summed E-state index contributed by atoms with van der Waals surface area (Å²) < 4.78 is 30.2. The minimum atomic E-state index is -3.39. The van der Waals surface area contributed by atoms with Gasteiger partial charge in [-0.25, -0.2) is 12.7 Å². The average Bonchev–Trinajstić information content (AvgIpc) is 2.60. The van der Waals surface area contributed by atoms with Crippen LogP contribution in [0.3, 0.4) is 0 Å². The number of hydrogen-bond donors (Lipinski definition) is 1. The summed E-state index contributed by atoms with van der Waals surface area (Å²) in [6.07, 6.45) is 1.98. The van der Waals surface area contributed by atoms with Crippen LogP contribution in [0.4, 0.5) is 5.69 Å². The third kappa shape index (κ3) is 5.17. The van der Waals surface area contributed by atoms with Crippen molar-refractivity contribution in [3.63, 3.8) is 0 Å². The van der Waals surface area contributed by atoms with Crippen molar-refractivity contribution in [2.45, 2.75) is 17.7 Å². The van der Waals surface area contributed by atoms with E-state index in [1.807, 2.05) is 12.1 Å². The van der Waals surface area contributed by atoms with Crippen molar-refractivity contribution in [1.82, 2.24) is 9.62 Å². The second kappa shape index (κ2) is 8.64. The maximum atomic E-state index is 12.1. The monoisotopic (exact) mass is 369 g/mol. The zero-order valence-electron chi connectivity index (χ0n) is 15.1. The summed E-state index contributed by atoms with van der Waals surface area (Å²) in [5, 5.41) is 2.89. The van der Waals surface area contributed by atoms with Crippen LogP contribution in [-0.2, 0) is 19.6 Å². The smallest absolute Gasteiger partial charge is 0.245 e. The van der Waals surface area contributed by atoms with Crippen LogP contribution < -0.4 is 10.2 Å². The van der Waals surface area contributed by atoms with Gasteiger partial charge >= 0.3 is 0 Å². The zero-order valence-corrected chi connectivity index (χ0v) is 15.9. The lowest BCUT2D eigenvalue weighted by Crippen LogP contribution is -2.39. The minimum absolute atomic E-state index is 0.0809. The molecule has 0 radical (unpaired) electrons. The fourth-order valence-electron chi connectivity index (χ4n) is 2.88. The Balaban J connectivity index is 1.88. The van der Waals surface area contributed by atoms with Crippen LogP contribution >= 0.6 is 0 Å². The lowest BCUT2D eigenvalue weighted by atomic mass is 9.96. The lowest BCUT2D eigenvalue weighted by molar-refractivity contribution is -0.124. The Hall–Kier alpha value is -1.64. The Labute approximate surface area is 150 Å². The molecule has 2 rings (SSSR count). The van der Waals surface area contributed by atoms with E-state index in [2.05, 4.69) is 10.2 Å². The molecule has 140 valence electrons. The van der Waals surface area contributed by atoms with Crippen molar-refractivity contribution in [2.24, 2.45) is 5.92 Å². The van der Waals surface area contributed by atoms with Gasteiger partial charge in [0.15, 0.2) is 0 Å². The van der Waals surface area contributed by atoms with Crippen LogP contribution in [-0.4, -0.2) is 66.1 Å². The number of rotatable bonds is 7. The Morgan fingerprint density at radius 1 is 1.24 bits per heavy atom. The number of amides is 1. The van der Waals surface area contributed by atoms with E-state index < -0.39 is 10.0 Å². The number of anilines is 1. The summed E-state index contributed by atoms with van der Waals surface area (Å²) in [5.41, 5.74) is 1.03. The average molecular weight is 369 g/mol. The summed E-state index contributed by atoms with van der Waals surface area (Å²) in [5.74, 6) is 0.382. The summed E-state index contributed by atoms with van der Waals surface area (Å²) >= 11 is 0. The number of nitrogens with one attached hydrogen (secondary N) is 1. The highest BCUT2D eigenvalue weighted by Gasteiger charge is 2.21. The molecular weight excluding hydrogens is 342 g/mol. The molecule has 1 fully saturated rings. The van der Waals surface area contributed by atoms with E-state index in [1.54, 1.807) is 12.1 Å². The van der Waals surface area contributed by atoms with Gasteiger partial charge in [-0.15, -0.1) is 0 Å². The molecule has 1 heterocycles. The first-order valence-electron chi connectivity index (χ1n) is 8.37. The molecule has 0 spiro atoms. The molecule has 1 amide bonds. The number of nitrogens with zero attached hydrogens (tertiary/aromatic N) is 2. The molecule has 1 aromatic rings. The van der Waals surface area contributed by atoms with Crippen LogP contribution in [0, 0.1) is 5.92 Å². The van der Waals surface area contributed by atoms with Gasteiger partial charge < -0.3 is 15.0 Å². The second-order valence-electron chi connectivity index (χ2n) is 6.45. The third-order valence-corrected chi connectivity index (χ3v) is 6.29. The van der Waals surface area contributed by atoms with Crippen molar-refractivity contribution in [1.29, 1.82) is 0 Å². The van der Waals surface area contributed by atoms with Crippen LogP contribution in [0.5, 0.6) is 0 Å². The van der Waals surface area contributed by atoms with E-state index >= 15 is 0 Å². The van der Waals surface area contributed by atoms with Crippen molar-refractivity contribution >= 4 is 21.6 Å². The minimum Gasteiger partial charge on any atom is -0.375 e. The number of benzene rings is 1. The van der Waals surface area contributed by atoms with Gasteiger partial charge in [0.05, 0.1) is 4.90 Å². The predicted molar refractivity (Wildman–Crippen MR) is 97.1 cm³/mol. The summed E-state index contributed by atoms with van der Waals surface area (Å²) in [4.78, 5) is 14.0. The number of methoxy groups -OCH3 is 1. The standard InChI is InChI=1S/C17H27N3O4S/c1-19(2)25(22,23)16-6-4-15(5-7-16)20-10-8-14(9-11-20)12-18-17(21)13-24-3/h4-7,14H,8-13H2,1-3H3,(H,18,21). The molecule has 7 nitrogen and oxygen atoms in total. The molecule has 8 heteroatoms. The third-order valence-electron chi connectivity index (χ3n) is 4.46. The SMILES string of the molecule is COCC(=O)NCC1CCN(c2ccc(S(=O)(=O)N(C)C)cc2)CC1. The molecule has 0 bridgehead atoms. The van der Waals surface area contributed by atoms with Gasteiger partial charge in [-0.2, -0.15) is 0 Å². The molecule has 1 N–H and O–H groups in total. The van der Waals surface area contributed by atoms with Crippen LogP contribution in [0.2, 0.25) is 0 Å². The number of carbonyl (C=O) groups excluding carboxylic acids is 1. The van der Waals surface area contributed by atoms with E-state index in [-0.39, 0.29) is 12.5 Å². The van der Waals surface area contributed by atoms with Crippen molar-refractivity contribution in [3.8, 4) is 0 Å². The highest BCUT2D eigenvalue weighted by molar-refractivity contribution is 7.89. The van der Waals surface area contributed by atoms with Gasteiger partial charge in [0, 0.05) is 46.5 Å². The van der Waals surface area contributed by atoms with E-state index in [4.69, 9.17) is 4.74 Å². The van der Waals surface area contributed by atoms with Crippen molar-refractivity contribution in [2.75, 3.05) is 52.3 Å². The quantitative estimate of drug-likeness (QED) is 0.773. The summed E-state index contributed by atoms with van der Waals surface area (Å²) in [7, 11) is 1.17. The maximum absolute atomic E-state index is 12.1. The normalized spacial score (nSPS) is 16.2. The molecule has 0 aromatic heterocycles. The number of ether oxygens (including phenoxy) is 1. The molecule has 1 aliphatic rings. The summed E-state index contributed by atoms with van der Waals surface area (Å²) in [6, 6.07) is 7.03. The zero-order chi connectivity index (χ0) is 18.4. The largest absolute Gasteiger partial charge is 0.375 e. The van der Waals surface area contributed by atoms with Crippen LogP contribution in [0.15, 0.2) is 29.2 Å². The van der Waals surface area contributed by atoms with Gasteiger partial charge in [-0.05, 0) is 43.0 Å². The lowest BCUT2D eigenvalue weighted by Gasteiger charge is -2.33. The molecule has 1 saturated heterocycles. The van der Waals surface area contributed by atoms with E-state index in [0.717, 1.165) is 31.6 Å². The first-order chi connectivity index (χ1) is 11.8. The van der Waals surface area contributed by atoms with Crippen LogP contribution in [0.25, 0.3) is 0 Å². The summed E-state index contributed by atoms with van der Waals surface area (Å²) in [6.45, 7) is 2.56. The van der Waals surface area contributed by atoms with Gasteiger partial charge in [-0.3, -0.25) is 4.79 Å². The van der Waals surface area contributed by atoms with Gasteiger partial charge in [0.25, 0.3) is 0 Å². The van der Waals surface area contributed by atoms with Crippen molar-refractivity contribution in [3.05, 3.63) is 24.3 Å².